The molecule has 0 unspecified atom stereocenters. The highest BCUT2D eigenvalue weighted by atomic mass is 19.4. The lowest BCUT2D eigenvalue weighted by molar-refractivity contribution is -0.127. The van der Waals surface area contributed by atoms with Crippen molar-refractivity contribution in [3.05, 3.63) is 89.0 Å². The third-order valence-corrected chi connectivity index (χ3v) is 7.79. The Labute approximate surface area is 208 Å². The Morgan fingerprint density at radius 3 is 2.42 bits per heavy atom. The first-order valence-corrected chi connectivity index (χ1v) is 12.4. The lowest BCUT2D eigenvalue weighted by Gasteiger charge is -2.42. The van der Waals surface area contributed by atoms with Crippen LogP contribution >= 0.6 is 0 Å². The summed E-state index contributed by atoms with van der Waals surface area (Å²) in [5.41, 5.74) is 6.40. The number of amides is 1. The number of nitrogens with zero attached hydrogens (tertiary/aromatic N) is 2. The van der Waals surface area contributed by atoms with Crippen molar-refractivity contribution in [2.24, 2.45) is 5.92 Å². The van der Waals surface area contributed by atoms with Crippen molar-refractivity contribution in [1.29, 1.82) is 0 Å². The minimum atomic E-state index is -4.32. The second-order valence-electron chi connectivity index (χ2n) is 10.3. The van der Waals surface area contributed by atoms with E-state index in [4.69, 9.17) is 0 Å². The van der Waals surface area contributed by atoms with Gasteiger partial charge in [0.25, 0.3) is 0 Å². The fourth-order valence-corrected chi connectivity index (χ4v) is 6.06. The summed E-state index contributed by atoms with van der Waals surface area (Å²) in [6.07, 6.45) is -4.75. The molecule has 36 heavy (non-hydrogen) atoms. The van der Waals surface area contributed by atoms with Crippen LogP contribution in [0.5, 0.6) is 0 Å². The van der Waals surface area contributed by atoms with Gasteiger partial charge in [-0.15, -0.1) is 0 Å². The number of rotatable bonds is 6. The topological polar surface area (TPSA) is 43.8 Å². The summed E-state index contributed by atoms with van der Waals surface area (Å²) in [6.45, 7) is 1.38. The summed E-state index contributed by atoms with van der Waals surface area (Å²) in [5.74, 6) is 0.344. The molecule has 0 spiro atoms. The number of halogens is 3. The van der Waals surface area contributed by atoms with Crippen LogP contribution < -0.4 is 4.90 Å². The van der Waals surface area contributed by atoms with Crippen molar-refractivity contribution in [2.45, 2.75) is 37.4 Å². The molecule has 1 aliphatic heterocycles. The molecule has 186 valence electrons. The van der Waals surface area contributed by atoms with Gasteiger partial charge in [0.2, 0.25) is 0 Å². The zero-order chi connectivity index (χ0) is 25.0. The molecule has 0 bridgehead atoms. The Bertz CT molecular complexity index is 1300. The van der Waals surface area contributed by atoms with E-state index in [0.717, 1.165) is 28.7 Å². The predicted octanol–water partition coefficient (Wildman–Crippen LogP) is 6.33. The van der Waals surface area contributed by atoms with Gasteiger partial charge in [0.1, 0.15) is 0 Å². The number of alkyl halides is 3. The van der Waals surface area contributed by atoms with E-state index in [9.17, 15) is 23.1 Å². The molecular weight excluding hydrogens is 465 g/mol. The Balaban J connectivity index is 1.42. The van der Waals surface area contributed by atoms with Crippen LogP contribution in [0.1, 0.15) is 34.6 Å². The Kier molecular flexibility index (Phi) is 5.47. The molecule has 3 aromatic rings. The van der Waals surface area contributed by atoms with E-state index >= 15 is 0 Å². The maximum absolute atomic E-state index is 13.7. The molecule has 3 aromatic carbocycles. The zero-order valence-corrected chi connectivity index (χ0v) is 19.7. The minimum Gasteiger partial charge on any atom is -0.465 e. The van der Waals surface area contributed by atoms with Gasteiger partial charge in [-0.25, -0.2) is 4.79 Å². The van der Waals surface area contributed by atoms with E-state index in [1.54, 1.807) is 6.07 Å². The van der Waals surface area contributed by atoms with Crippen molar-refractivity contribution >= 4 is 11.8 Å². The fraction of sp³-hybridized carbons (Fsp3) is 0.345. The van der Waals surface area contributed by atoms with E-state index in [1.807, 2.05) is 48.5 Å². The molecule has 1 heterocycles. The van der Waals surface area contributed by atoms with Crippen LogP contribution in [0.15, 0.2) is 66.7 Å². The van der Waals surface area contributed by atoms with Crippen LogP contribution in [0.4, 0.5) is 23.7 Å². The van der Waals surface area contributed by atoms with E-state index in [0.29, 0.717) is 37.3 Å². The highest BCUT2D eigenvalue weighted by molar-refractivity contribution is 5.84. The van der Waals surface area contributed by atoms with Crippen molar-refractivity contribution in [3.8, 4) is 11.1 Å². The monoisotopic (exact) mass is 492 g/mol. The van der Waals surface area contributed by atoms with E-state index in [1.165, 1.54) is 10.5 Å². The molecule has 4 nitrogen and oxygen atoms in total. The van der Waals surface area contributed by atoms with Gasteiger partial charge in [-0.05, 0) is 39.8 Å². The van der Waals surface area contributed by atoms with Gasteiger partial charge in [-0.2, -0.15) is 13.2 Å². The summed E-state index contributed by atoms with van der Waals surface area (Å²) in [4.78, 5) is 14.9. The van der Waals surface area contributed by atoms with Gasteiger partial charge >= 0.3 is 12.3 Å². The number of anilines is 1. The molecular formula is C29H27F3N2O2. The van der Waals surface area contributed by atoms with E-state index in [2.05, 4.69) is 17.0 Å². The molecule has 7 heteroatoms. The standard InChI is InChI=1S/C29H27F3N2O2/c30-29(31,32)14-21-10-11-23-22-9-5-4-8-20(22)12-25(23)27(21)34(17-18-15-33(16-18)28(35)36)26-13-24(26)19-6-2-1-3-7-19/h1-11,18,24,26H,12-17H2,(H,35,36)/t24-,26+/m0/s1. The highest BCUT2D eigenvalue weighted by Gasteiger charge is 2.47. The fourth-order valence-electron chi connectivity index (χ4n) is 6.06. The number of hydrogen-bond donors (Lipinski definition) is 1. The van der Waals surface area contributed by atoms with Crippen molar-refractivity contribution in [2.75, 3.05) is 24.5 Å². The summed E-state index contributed by atoms with van der Waals surface area (Å²) >= 11 is 0. The maximum Gasteiger partial charge on any atom is 0.407 e. The highest BCUT2D eigenvalue weighted by Crippen LogP contribution is 2.51. The molecule has 6 rings (SSSR count). The minimum absolute atomic E-state index is 0.0912. The van der Waals surface area contributed by atoms with Gasteiger partial charge in [0, 0.05) is 49.6 Å². The Morgan fingerprint density at radius 2 is 1.69 bits per heavy atom. The molecule has 2 atom stereocenters. The molecule has 3 aliphatic rings. The van der Waals surface area contributed by atoms with Crippen LogP contribution in [0, 0.1) is 5.92 Å². The predicted molar refractivity (Wildman–Crippen MR) is 132 cm³/mol. The first-order valence-electron chi connectivity index (χ1n) is 12.4. The number of fused-ring (bicyclic) bond motifs is 3. The van der Waals surface area contributed by atoms with E-state index < -0.39 is 18.7 Å². The molecule has 0 aromatic heterocycles. The van der Waals surface area contributed by atoms with Crippen molar-refractivity contribution in [1.82, 2.24) is 4.90 Å². The number of carbonyl (C=O) groups is 1. The first-order chi connectivity index (χ1) is 17.3. The second kappa shape index (κ2) is 8.57. The average molecular weight is 493 g/mol. The van der Waals surface area contributed by atoms with E-state index in [-0.39, 0.29) is 17.9 Å². The molecule has 1 saturated carbocycles. The largest absolute Gasteiger partial charge is 0.465 e. The zero-order valence-electron chi connectivity index (χ0n) is 19.7. The molecule has 1 amide bonds. The number of carboxylic acid groups (broad SMARTS) is 1. The second-order valence-corrected chi connectivity index (χ2v) is 10.3. The molecule has 1 N–H and O–H groups in total. The molecule has 0 radical (unpaired) electrons. The lowest BCUT2D eigenvalue weighted by atomic mass is 9.94. The number of likely N-dealkylation sites (tertiary alicyclic amines) is 1. The van der Waals surface area contributed by atoms with Gasteiger partial charge in [0.15, 0.2) is 0 Å². The third kappa shape index (κ3) is 4.21. The van der Waals surface area contributed by atoms with Gasteiger partial charge in [0.05, 0.1) is 6.42 Å². The van der Waals surface area contributed by atoms with Crippen LogP contribution in [0.2, 0.25) is 0 Å². The van der Waals surface area contributed by atoms with Gasteiger partial charge in [-0.1, -0.05) is 66.7 Å². The Hall–Kier alpha value is -3.48. The molecule has 2 aliphatic carbocycles. The SMILES string of the molecule is O=C(O)N1CC(CN(c2c(CC(F)(F)F)ccc3c2Cc2ccccc2-3)[C@@H]2C[C@H]2c2ccccc2)C1. The molecule has 1 saturated heterocycles. The van der Waals surface area contributed by atoms with Crippen LogP contribution in [0.3, 0.4) is 0 Å². The smallest absolute Gasteiger partial charge is 0.407 e. The number of benzene rings is 3. The average Bonchev–Trinajstić information content (AvgIpc) is 3.51. The molecule has 2 fully saturated rings. The third-order valence-electron chi connectivity index (χ3n) is 7.79. The van der Waals surface area contributed by atoms with Gasteiger partial charge < -0.3 is 14.9 Å². The summed E-state index contributed by atoms with van der Waals surface area (Å²) < 4.78 is 41.2. The first kappa shape index (κ1) is 23.0. The summed E-state index contributed by atoms with van der Waals surface area (Å²) in [7, 11) is 0. The summed E-state index contributed by atoms with van der Waals surface area (Å²) in [6, 6.07) is 21.8. The quantitative estimate of drug-likeness (QED) is 0.342. The maximum atomic E-state index is 13.7. The summed E-state index contributed by atoms with van der Waals surface area (Å²) in [5, 5.41) is 9.30. The van der Waals surface area contributed by atoms with Gasteiger partial charge in [-0.3, -0.25) is 0 Å². The van der Waals surface area contributed by atoms with Crippen molar-refractivity contribution < 1.29 is 23.1 Å². The normalized spacial score (nSPS) is 20.5. The van der Waals surface area contributed by atoms with Crippen LogP contribution in [0.25, 0.3) is 11.1 Å². The Morgan fingerprint density at radius 1 is 0.972 bits per heavy atom. The number of hydrogen-bond acceptors (Lipinski definition) is 2. The van der Waals surface area contributed by atoms with Crippen LogP contribution in [-0.4, -0.2) is 48.0 Å². The van der Waals surface area contributed by atoms with Crippen LogP contribution in [-0.2, 0) is 12.8 Å². The lowest BCUT2D eigenvalue weighted by Crippen LogP contribution is -2.54. The van der Waals surface area contributed by atoms with Crippen molar-refractivity contribution in [3.63, 3.8) is 0 Å².